The molecule has 0 saturated carbocycles. The van der Waals surface area contributed by atoms with Gasteiger partial charge in [-0.3, -0.25) is 10.4 Å². The second-order valence-electron chi connectivity index (χ2n) is 7.77. The third-order valence-corrected chi connectivity index (χ3v) is 5.67. The number of hydrazone groups is 1. The van der Waals surface area contributed by atoms with Crippen LogP contribution in [-0.4, -0.2) is 57.1 Å². The molecule has 2 N–H and O–H groups in total. The summed E-state index contributed by atoms with van der Waals surface area (Å²) in [5, 5.41) is 10.4. The van der Waals surface area contributed by atoms with E-state index in [0.717, 1.165) is 52.4 Å². The van der Waals surface area contributed by atoms with Crippen LogP contribution >= 0.6 is 0 Å². The summed E-state index contributed by atoms with van der Waals surface area (Å²) in [5.74, 6) is 1.59. The number of ether oxygens (including phenoxy) is 1. The molecule has 1 aliphatic heterocycles. The SMILES string of the molecule is C(=NNc1cc(N2CCOCC2)n2nc(-c3ccccn3)cc2n1)c1c[nH]c2ccccc12. The molecule has 0 amide bonds. The highest BCUT2D eigenvalue weighted by Crippen LogP contribution is 2.25. The number of hydrogen-bond acceptors (Lipinski definition) is 7. The summed E-state index contributed by atoms with van der Waals surface area (Å²) in [6.45, 7) is 2.94. The van der Waals surface area contributed by atoms with E-state index in [0.29, 0.717) is 19.0 Å². The highest BCUT2D eigenvalue weighted by Gasteiger charge is 2.18. The molecule has 9 nitrogen and oxygen atoms in total. The van der Waals surface area contributed by atoms with Crippen molar-refractivity contribution in [3.63, 3.8) is 0 Å². The average Bonchev–Trinajstić information content (AvgIpc) is 3.49. The van der Waals surface area contributed by atoms with Gasteiger partial charge in [0.2, 0.25) is 0 Å². The molecule has 0 spiro atoms. The number of hydrogen-bond donors (Lipinski definition) is 2. The first-order valence-corrected chi connectivity index (χ1v) is 10.9. The van der Waals surface area contributed by atoms with Gasteiger partial charge >= 0.3 is 0 Å². The van der Waals surface area contributed by atoms with Crippen molar-refractivity contribution in [2.75, 3.05) is 36.6 Å². The number of nitrogens with one attached hydrogen (secondary N) is 2. The Kier molecular flexibility index (Phi) is 4.93. The first-order chi connectivity index (χ1) is 16.3. The average molecular weight is 438 g/mol. The number of pyridine rings is 1. The van der Waals surface area contributed by atoms with Crippen LogP contribution in [0.2, 0.25) is 0 Å². The summed E-state index contributed by atoms with van der Waals surface area (Å²) in [5.41, 5.74) is 7.49. The number of morpholine rings is 1. The molecule has 6 rings (SSSR count). The maximum atomic E-state index is 5.54. The van der Waals surface area contributed by atoms with E-state index < -0.39 is 0 Å². The van der Waals surface area contributed by atoms with Crippen molar-refractivity contribution in [2.45, 2.75) is 0 Å². The van der Waals surface area contributed by atoms with Crippen LogP contribution < -0.4 is 10.3 Å². The molecule has 0 atom stereocenters. The normalized spacial score (nSPS) is 14.5. The highest BCUT2D eigenvalue weighted by molar-refractivity contribution is 5.99. The summed E-state index contributed by atoms with van der Waals surface area (Å²) < 4.78 is 7.41. The van der Waals surface area contributed by atoms with E-state index in [4.69, 9.17) is 14.8 Å². The first kappa shape index (κ1) is 19.4. The van der Waals surface area contributed by atoms with Crippen LogP contribution in [0.3, 0.4) is 0 Å². The molecule has 164 valence electrons. The number of aromatic nitrogens is 5. The molecule has 5 heterocycles. The number of aromatic amines is 1. The lowest BCUT2D eigenvalue weighted by Crippen LogP contribution is -2.37. The van der Waals surface area contributed by atoms with E-state index in [-0.39, 0.29) is 0 Å². The van der Waals surface area contributed by atoms with Gasteiger partial charge < -0.3 is 14.6 Å². The molecule has 33 heavy (non-hydrogen) atoms. The molecular weight excluding hydrogens is 416 g/mol. The van der Waals surface area contributed by atoms with Crippen molar-refractivity contribution >= 4 is 34.4 Å². The topological polar surface area (TPSA) is 95.7 Å². The first-order valence-electron chi connectivity index (χ1n) is 10.9. The molecule has 0 bridgehead atoms. The van der Waals surface area contributed by atoms with E-state index in [1.165, 1.54) is 0 Å². The summed E-state index contributed by atoms with van der Waals surface area (Å²) in [7, 11) is 0. The third kappa shape index (κ3) is 3.79. The van der Waals surface area contributed by atoms with Crippen LogP contribution in [0.25, 0.3) is 27.9 Å². The Morgan fingerprint density at radius 3 is 2.79 bits per heavy atom. The van der Waals surface area contributed by atoms with E-state index >= 15 is 0 Å². The second-order valence-corrected chi connectivity index (χ2v) is 7.77. The number of H-pyrrole nitrogens is 1. The molecule has 0 unspecified atom stereocenters. The minimum atomic E-state index is 0.646. The van der Waals surface area contributed by atoms with Crippen LogP contribution in [0, 0.1) is 0 Å². The van der Waals surface area contributed by atoms with Crippen molar-refractivity contribution in [3.8, 4) is 11.4 Å². The largest absolute Gasteiger partial charge is 0.378 e. The van der Waals surface area contributed by atoms with Crippen molar-refractivity contribution in [1.29, 1.82) is 0 Å². The number of anilines is 2. The molecule has 1 aliphatic rings. The Balaban J connectivity index is 1.36. The third-order valence-electron chi connectivity index (χ3n) is 5.67. The van der Waals surface area contributed by atoms with Crippen molar-refractivity contribution in [2.24, 2.45) is 5.10 Å². The van der Waals surface area contributed by atoms with E-state index in [1.807, 2.05) is 59.2 Å². The molecule has 0 aliphatic carbocycles. The number of rotatable bonds is 5. The fourth-order valence-corrected chi connectivity index (χ4v) is 4.04. The quantitative estimate of drug-likeness (QED) is 0.322. The molecule has 0 radical (unpaired) electrons. The van der Waals surface area contributed by atoms with E-state index in [2.05, 4.69) is 31.5 Å². The van der Waals surface area contributed by atoms with Gasteiger partial charge in [0, 0.05) is 54.1 Å². The maximum Gasteiger partial charge on any atom is 0.160 e. The fourth-order valence-electron chi connectivity index (χ4n) is 4.04. The standard InChI is InChI=1S/C24H22N8O/c1-2-6-19-18(5-1)17(15-26-19)16-27-29-22-14-24(31-9-11-33-12-10-31)32-23(28-22)13-21(30-32)20-7-3-4-8-25-20/h1-8,13-16,26H,9-12H2,(H,28,29). The zero-order chi connectivity index (χ0) is 22.0. The number of benzene rings is 1. The minimum Gasteiger partial charge on any atom is -0.378 e. The lowest BCUT2D eigenvalue weighted by molar-refractivity contribution is 0.122. The van der Waals surface area contributed by atoms with Crippen LogP contribution in [0.4, 0.5) is 11.6 Å². The number of fused-ring (bicyclic) bond motifs is 2. The molecule has 1 saturated heterocycles. The zero-order valence-electron chi connectivity index (χ0n) is 17.8. The van der Waals surface area contributed by atoms with Gasteiger partial charge in [-0.05, 0) is 18.2 Å². The van der Waals surface area contributed by atoms with Gasteiger partial charge in [-0.1, -0.05) is 24.3 Å². The molecule has 9 heteroatoms. The van der Waals surface area contributed by atoms with Crippen LogP contribution in [0.15, 0.2) is 72.1 Å². The van der Waals surface area contributed by atoms with Gasteiger partial charge in [-0.25, -0.2) is 4.98 Å². The Bertz CT molecular complexity index is 1430. The fraction of sp³-hybridized carbons (Fsp3) is 0.167. The van der Waals surface area contributed by atoms with Crippen LogP contribution in [0.5, 0.6) is 0 Å². The summed E-state index contributed by atoms with van der Waals surface area (Å²) >= 11 is 0. The van der Waals surface area contributed by atoms with Gasteiger partial charge in [-0.15, -0.1) is 0 Å². The second kappa shape index (κ2) is 8.36. The van der Waals surface area contributed by atoms with Crippen molar-refractivity contribution in [3.05, 3.63) is 72.6 Å². The molecule has 4 aromatic heterocycles. The lowest BCUT2D eigenvalue weighted by Gasteiger charge is -2.29. The summed E-state index contributed by atoms with van der Waals surface area (Å²) in [6, 6.07) is 17.8. The predicted molar refractivity (Wildman–Crippen MR) is 129 cm³/mol. The van der Waals surface area contributed by atoms with Gasteiger partial charge in [0.25, 0.3) is 0 Å². The van der Waals surface area contributed by atoms with Crippen LogP contribution in [-0.2, 0) is 4.74 Å². The van der Waals surface area contributed by atoms with Crippen molar-refractivity contribution in [1.82, 2.24) is 24.6 Å². The Morgan fingerprint density at radius 1 is 1.03 bits per heavy atom. The Labute approximate surface area is 189 Å². The van der Waals surface area contributed by atoms with Crippen LogP contribution in [0.1, 0.15) is 5.56 Å². The predicted octanol–water partition coefficient (Wildman–Crippen LogP) is 3.56. The van der Waals surface area contributed by atoms with E-state index in [9.17, 15) is 0 Å². The van der Waals surface area contributed by atoms with Gasteiger partial charge in [0.05, 0.1) is 25.1 Å². The molecular formula is C24H22N8O. The summed E-state index contributed by atoms with van der Waals surface area (Å²) in [4.78, 5) is 14.7. The van der Waals surface area contributed by atoms with Gasteiger partial charge in [0.15, 0.2) is 11.5 Å². The lowest BCUT2D eigenvalue weighted by atomic mass is 10.2. The highest BCUT2D eigenvalue weighted by atomic mass is 16.5. The molecule has 1 aromatic carbocycles. The summed E-state index contributed by atoms with van der Waals surface area (Å²) in [6.07, 6.45) is 5.51. The molecule has 5 aromatic rings. The smallest absolute Gasteiger partial charge is 0.160 e. The minimum absolute atomic E-state index is 0.646. The number of para-hydroxylation sites is 1. The van der Waals surface area contributed by atoms with E-state index in [1.54, 1.807) is 12.4 Å². The Hall–Kier alpha value is -4.24. The maximum absolute atomic E-state index is 5.54. The van der Waals surface area contributed by atoms with Gasteiger partial charge in [-0.2, -0.15) is 14.7 Å². The van der Waals surface area contributed by atoms with Gasteiger partial charge in [0.1, 0.15) is 11.5 Å². The van der Waals surface area contributed by atoms with Crippen molar-refractivity contribution < 1.29 is 4.74 Å². The number of nitrogens with zero attached hydrogens (tertiary/aromatic N) is 6. The monoisotopic (exact) mass is 438 g/mol. The molecule has 1 fully saturated rings. The zero-order valence-corrected chi connectivity index (χ0v) is 17.8. The Morgan fingerprint density at radius 2 is 1.91 bits per heavy atom.